The molecule has 0 fully saturated rings. The Morgan fingerprint density at radius 2 is 1.35 bits per heavy atom. The third-order valence-corrected chi connectivity index (χ3v) is 2.70. The molecule has 12 nitrogen and oxygen atoms in total. The Bertz CT molecular complexity index is 867. The van der Waals surface area contributed by atoms with Crippen molar-refractivity contribution in [2.24, 2.45) is 21.7 Å². The van der Waals surface area contributed by atoms with E-state index in [9.17, 15) is 20.2 Å². The SMILES string of the molecule is NC(N)=NN=C(/C=C\c1ccc([N+](=O)[O-])o1)/C=C\c1ccc([N+](=O)[O-])o1. The van der Waals surface area contributed by atoms with Gasteiger partial charge in [0.2, 0.25) is 5.96 Å². The summed E-state index contributed by atoms with van der Waals surface area (Å²) in [5, 5.41) is 28.4. The van der Waals surface area contributed by atoms with Gasteiger partial charge in [0.1, 0.15) is 21.4 Å². The molecule has 0 aliphatic heterocycles. The predicted octanol–water partition coefficient (Wildman–Crippen LogP) is 2.04. The molecule has 0 aromatic carbocycles. The smallest absolute Gasteiger partial charge is 0.401 e. The predicted molar refractivity (Wildman–Crippen MR) is 92.0 cm³/mol. The summed E-state index contributed by atoms with van der Waals surface area (Å²) in [5.41, 5.74) is 10.6. The zero-order valence-electron chi connectivity index (χ0n) is 13.0. The van der Waals surface area contributed by atoms with Crippen molar-refractivity contribution in [3.63, 3.8) is 0 Å². The molecule has 2 aromatic heterocycles. The molecule has 134 valence electrons. The van der Waals surface area contributed by atoms with Gasteiger partial charge in [-0.1, -0.05) is 0 Å². The summed E-state index contributed by atoms with van der Waals surface area (Å²) in [6, 6.07) is 5.19. The highest BCUT2D eigenvalue weighted by Crippen LogP contribution is 2.18. The summed E-state index contributed by atoms with van der Waals surface area (Å²) in [6.07, 6.45) is 5.65. The molecule has 2 heterocycles. The van der Waals surface area contributed by atoms with Crippen LogP contribution in [0.2, 0.25) is 0 Å². The highest BCUT2D eigenvalue weighted by molar-refractivity contribution is 6.08. The van der Waals surface area contributed by atoms with E-state index in [0.29, 0.717) is 0 Å². The number of nitrogens with two attached hydrogens (primary N) is 2. The number of furan rings is 2. The molecule has 0 amide bonds. The Morgan fingerprint density at radius 1 is 0.885 bits per heavy atom. The number of allylic oxidation sites excluding steroid dienone is 2. The van der Waals surface area contributed by atoms with Gasteiger partial charge in [-0.25, -0.2) is 0 Å². The lowest BCUT2D eigenvalue weighted by molar-refractivity contribution is -0.402. The summed E-state index contributed by atoms with van der Waals surface area (Å²) in [6.45, 7) is 0. The van der Waals surface area contributed by atoms with Crippen LogP contribution in [0.25, 0.3) is 12.2 Å². The van der Waals surface area contributed by atoms with Gasteiger partial charge in [-0.05, 0) is 36.4 Å². The highest BCUT2D eigenvalue weighted by atomic mass is 16.7. The van der Waals surface area contributed by atoms with Crippen molar-refractivity contribution >= 4 is 35.6 Å². The van der Waals surface area contributed by atoms with Crippen molar-refractivity contribution in [2.75, 3.05) is 0 Å². The van der Waals surface area contributed by atoms with Crippen molar-refractivity contribution in [3.05, 3.63) is 68.2 Å². The molecule has 0 atom stereocenters. The van der Waals surface area contributed by atoms with Crippen LogP contribution in [0.5, 0.6) is 0 Å². The monoisotopic (exact) mass is 360 g/mol. The summed E-state index contributed by atoms with van der Waals surface area (Å²) in [7, 11) is 0. The van der Waals surface area contributed by atoms with Crippen LogP contribution in [0.1, 0.15) is 11.5 Å². The minimum atomic E-state index is -0.671. The number of rotatable bonds is 7. The largest absolute Gasteiger partial charge is 0.433 e. The van der Waals surface area contributed by atoms with Gasteiger partial charge in [-0.3, -0.25) is 20.2 Å². The first-order valence-corrected chi connectivity index (χ1v) is 6.86. The van der Waals surface area contributed by atoms with Crippen LogP contribution in [0, 0.1) is 20.2 Å². The second-order valence-electron chi connectivity index (χ2n) is 4.58. The summed E-state index contributed by atoms with van der Waals surface area (Å²) < 4.78 is 9.94. The van der Waals surface area contributed by atoms with E-state index in [0.717, 1.165) is 0 Å². The van der Waals surface area contributed by atoms with E-state index < -0.39 is 21.6 Å². The number of hydrogen-bond acceptors (Lipinski definition) is 8. The van der Waals surface area contributed by atoms with E-state index in [1.165, 1.54) is 48.6 Å². The van der Waals surface area contributed by atoms with Gasteiger partial charge in [-0.2, -0.15) is 0 Å². The average Bonchev–Trinajstić information content (AvgIpc) is 3.23. The molecule has 0 unspecified atom stereocenters. The molecule has 4 N–H and O–H groups in total. The minimum Gasteiger partial charge on any atom is -0.401 e. The Labute approximate surface area is 145 Å². The average molecular weight is 360 g/mol. The third-order valence-electron chi connectivity index (χ3n) is 2.70. The highest BCUT2D eigenvalue weighted by Gasteiger charge is 2.11. The van der Waals surface area contributed by atoms with Crippen molar-refractivity contribution in [1.29, 1.82) is 0 Å². The molecule has 12 heteroatoms. The fraction of sp³-hybridized carbons (Fsp3) is 0. The summed E-state index contributed by atoms with van der Waals surface area (Å²) >= 11 is 0. The molecule has 0 spiro atoms. The first kappa shape index (κ1) is 18.1. The lowest BCUT2D eigenvalue weighted by Crippen LogP contribution is -2.22. The summed E-state index contributed by atoms with van der Waals surface area (Å²) in [5.74, 6) is -0.699. The van der Waals surface area contributed by atoms with E-state index in [4.69, 9.17) is 20.3 Å². The number of hydrogen-bond donors (Lipinski definition) is 2. The number of guanidine groups is 1. The van der Waals surface area contributed by atoms with Crippen LogP contribution in [-0.2, 0) is 0 Å². The second-order valence-corrected chi connectivity index (χ2v) is 4.58. The molecule has 2 rings (SSSR count). The van der Waals surface area contributed by atoms with Crippen LogP contribution in [0.4, 0.5) is 11.8 Å². The van der Waals surface area contributed by atoms with Crippen LogP contribution < -0.4 is 11.5 Å². The number of nitro groups is 2. The standard InChI is InChI=1S/C14H12N6O6/c15-14(16)18-17-9(1-3-10-5-7-12(25-10)19(21)22)2-4-11-6-8-13(26-11)20(23)24/h1-8H,(H4,15,16,18)/b3-1-,4-2-. The van der Waals surface area contributed by atoms with Crippen LogP contribution >= 0.6 is 0 Å². The zero-order valence-corrected chi connectivity index (χ0v) is 13.0. The Morgan fingerprint density at radius 3 is 1.69 bits per heavy atom. The van der Waals surface area contributed by atoms with E-state index >= 15 is 0 Å². The van der Waals surface area contributed by atoms with E-state index in [2.05, 4.69) is 10.2 Å². The van der Waals surface area contributed by atoms with E-state index in [-0.39, 0.29) is 23.2 Å². The first-order valence-electron chi connectivity index (χ1n) is 6.86. The minimum absolute atomic E-state index is 0.205. The van der Waals surface area contributed by atoms with Gasteiger partial charge in [-0.15, -0.1) is 10.2 Å². The molecule has 0 radical (unpaired) electrons. The maximum atomic E-state index is 10.6. The maximum absolute atomic E-state index is 10.6. The van der Waals surface area contributed by atoms with Crippen molar-refractivity contribution in [3.8, 4) is 0 Å². The topological polar surface area (TPSA) is 189 Å². The molecule has 0 aliphatic carbocycles. The lowest BCUT2D eigenvalue weighted by atomic mass is 10.2. The maximum Gasteiger partial charge on any atom is 0.433 e. The fourth-order valence-corrected chi connectivity index (χ4v) is 1.63. The van der Waals surface area contributed by atoms with E-state index in [1.807, 2.05) is 0 Å². The Kier molecular flexibility index (Phi) is 5.61. The van der Waals surface area contributed by atoms with Crippen molar-refractivity contribution < 1.29 is 18.7 Å². The van der Waals surface area contributed by atoms with Gasteiger partial charge < -0.3 is 20.3 Å². The molecular weight excluding hydrogens is 348 g/mol. The van der Waals surface area contributed by atoms with Gasteiger partial charge in [0, 0.05) is 0 Å². The van der Waals surface area contributed by atoms with Crippen LogP contribution in [-0.4, -0.2) is 21.5 Å². The normalized spacial score (nSPS) is 10.9. The number of nitrogens with zero attached hydrogens (tertiary/aromatic N) is 4. The van der Waals surface area contributed by atoms with Crippen molar-refractivity contribution in [2.45, 2.75) is 0 Å². The Balaban J connectivity index is 2.22. The van der Waals surface area contributed by atoms with Gasteiger partial charge in [0.25, 0.3) is 0 Å². The zero-order chi connectivity index (χ0) is 19.1. The summed E-state index contributed by atoms with van der Waals surface area (Å²) in [4.78, 5) is 19.8. The quantitative estimate of drug-likeness (QED) is 0.324. The van der Waals surface area contributed by atoms with Gasteiger partial charge in [0.15, 0.2) is 0 Å². The fourth-order valence-electron chi connectivity index (χ4n) is 1.63. The molecule has 0 aliphatic rings. The van der Waals surface area contributed by atoms with Gasteiger partial charge in [0.05, 0.1) is 17.8 Å². The van der Waals surface area contributed by atoms with Crippen LogP contribution in [0.3, 0.4) is 0 Å². The molecule has 0 bridgehead atoms. The molecule has 0 saturated heterocycles. The molecule has 26 heavy (non-hydrogen) atoms. The third kappa shape index (κ3) is 5.16. The van der Waals surface area contributed by atoms with Crippen LogP contribution in [0.15, 0.2) is 55.5 Å². The van der Waals surface area contributed by atoms with E-state index in [1.54, 1.807) is 0 Å². The Hall–Kier alpha value is -4.22. The van der Waals surface area contributed by atoms with Crippen molar-refractivity contribution in [1.82, 2.24) is 0 Å². The molecule has 2 aromatic rings. The molecular formula is C14H12N6O6. The first-order chi connectivity index (χ1) is 12.3. The second kappa shape index (κ2) is 8.05. The van der Waals surface area contributed by atoms with Gasteiger partial charge >= 0.3 is 11.8 Å². The lowest BCUT2D eigenvalue weighted by Gasteiger charge is -1.91. The molecule has 0 saturated carbocycles.